The second-order valence-corrected chi connectivity index (χ2v) is 7.54. The van der Waals surface area contributed by atoms with E-state index in [9.17, 15) is 13.8 Å². The summed E-state index contributed by atoms with van der Waals surface area (Å²) in [5.41, 5.74) is 0. The molecule has 0 saturated heterocycles. The van der Waals surface area contributed by atoms with Gasteiger partial charge in [-0.25, -0.2) is 4.79 Å². The first-order chi connectivity index (χ1) is 9.86. The molecule has 0 aliphatic carbocycles. The first kappa shape index (κ1) is 20.3. The Morgan fingerprint density at radius 1 is 1.38 bits per heavy atom. The number of unbranched alkanes of at least 4 members (excludes halogenated alkanes) is 1. The summed E-state index contributed by atoms with van der Waals surface area (Å²) in [5, 5.41) is 5.57. The van der Waals surface area contributed by atoms with Crippen LogP contribution in [0.3, 0.4) is 0 Å². The maximum absolute atomic E-state index is 11.5. The Morgan fingerprint density at radius 2 is 2.05 bits per heavy atom. The minimum Gasteiger partial charge on any atom is -0.467 e. The van der Waals surface area contributed by atoms with E-state index in [1.807, 2.05) is 0 Å². The molecule has 0 saturated carbocycles. The molecular weight excluding hydrogens is 332 g/mol. The average Bonchev–Trinajstić information content (AvgIpc) is 2.41. The number of hydrogen-bond donors (Lipinski definition) is 2. The van der Waals surface area contributed by atoms with E-state index < -0.39 is 22.8 Å². The van der Waals surface area contributed by atoms with Crippen molar-refractivity contribution in [2.45, 2.75) is 25.8 Å². The van der Waals surface area contributed by atoms with Gasteiger partial charge in [0.1, 0.15) is 10.4 Å². The Labute approximate surface area is 137 Å². The topological polar surface area (TPSA) is 84.5 Å². The second kappa shape index (κ2) is 11.9. The summed E-state index contributed by atoms with van der Waals surface area (Å²) >= 11 is 6.42. The summed E-state index contributed by atoms with van der Waals surface area (Å²) in [6.07, 6.45) is 3.44. The first-order valence-corrected chi connectivity index (χ1v) is 9.54. The highest BCUT2D eigenvalue weighted by Crippen LogP contribution is 2.06. The normalized spacial score (nSPS) is 13.1. The van der Waals surface area contributed by atoms with Crippen molar-refractivity contribution in [2.24, 2.45) is 0 Å². The summed E-state index contributed by atoms with van der Waals surface area (Å²) in [6.45, 7) is 2.04. The molecule has 21 heavy (non-hydrogen) atoms. The van der Waals surface area contributed by atoms with Gasteiger partial charge in [-0.15, -0.1) is 0 Å². The molecule has 9 heteroatoms. The zero-order chi connectivity index (χ0) is 16.3. The number of rotatable bonds is 9. The van der Waals surface area contributed by atoms with Gasteiger partial charge < -0.3 is 15.4 Å². The van der Waals surface area contributed by atoms with Crippen LogP contribution in [0.5, 0.6) is 0 Å². The number of nitrogens with one attached hydrogen (secondary N) is 2. The SMILES string of the molecule is COC(=O)[C@H](CSC(=S)NCCCCS(C)=O)NC(C)=O. The smallest absolute Gasteiger partial charge is 0.329 e. The van der Waals surface area contributed by atoms with E-state index in [1.54, 1.807) is 6.26 Å². The Bertz CT molecular complexity index is 391. The average molecular weight is 355 g/mol. The predicted molar refractivity (Wildman–Crippen MR) is 90.8 cm³/mol. The number of carbonyl (C=O) groups is 2. The molecule has 1 amide bonds. The van der Waals surface area contributed by atoms with Gasteiger partial charge in [0.2, 0.25) is 5.91 Å². The summed E-state index contributed by atoms with van der Waals surface area (Å²) in [5.74, 6) is 0.217. The van der Waals surface area contributed by atoms with Crippen LogP contribution >= 0.6 is 24.0 Å². The Hall–Kier alpha value is -0.670. The lowest BCUT2D eigenvalue weighted by Crippen LogP contribution is -2.42. The van der Waals surface area contributed by atoms with Crippen molar-refractivity contribution in [3.8, 4) is 0 Å². The molecule has 0 aliphatic heterocycles. The molecule has 0 radical (unpaired) electrons. The molecule has 2 atom stereocenters. The lowest BCUT2D eigenvalue weighted by atomic mass is 10.3. The number of hydrogen-bond acceptors (Lipinski definition) is 6. The number of amides is 1. The van der Waals surface area contributed by atoms with Crippen molar-refractivity contribution in [2.75, 3.05) is 31.4 Å². The van der Waals surface area contributed by atoms with Gasteiger partial charge in [-0.1, -0.05) is 24.0 Å². The number of ether oxygens (including phenoxy) is 1. The third-order valence-corrected chi connectivity index (χ3v) is 4.64. The van der Waals surface area contributed by atoms with Crippen molar-refractivity contribution in [3.05, 3.63) is 0 Å². The highest BCUT2D eigenvalue weighted by molar-refractivity contribution is 8.23. The van der Waals surface area contributed by atoms with Crippen LogP contribution in [-0.2, 0) is 25.1 Å². The van der Waals surface area contributed by atoms with Crippen LogP contribution in [0, 0.1) is 0 Å². The third kappa shape index (κ3) is 11.6. The summed E-state index contributed by atoms with van der Waals surface area (Å²) < 4.78 is 16.1. The van der Waals surface area contributed by atoms with Gasteiger partial charge in [-0.3, -0.25) is 9.00 Å². The van der Waals surface area contributed by atoms with E-state index in [0.717, 1.165) is 12.8 Å². The number of thioether (sulfide) groups is 1. The van der Waals surface area contributed by atoms with E-state index in [4.69, 9.17) is 12.2 Å². The fourth-order valence-electron chi connectivity index (χ4n) is 1.39. The molecule has 6 nitrogen and oxygen atoms in total. The molecule has 0 aromatic rings. The fourth-order valence-corrected chi connectivity index (χ4v) is 3.05. The maximum Gasteiger partial charge on any atom is 0.329 e. The highest BCUT2D eigenvalue weighted by Gasteiger charge is 2.20. The van der Waals surface area contributed by atoms with Crippen molar-refractivity contribution in [1.82, 2.24) is 10.6 Å². The lowest BCUT2D eigenvalue weighted by molar-refractivity contribution is -0.144. The number of carbonyl (C=O) groups excluding carboxylic acids is 2. The summed E-state index contributed by atoms with van der Waals surface area (Å²) in [4.78, 5) is 22.5. The van der Waals surface area contributed by atoms with Gasteiger partial charge in [0.25, 0.3) is 0 Å². The van der Waals surface area contributed by atoms with Crippen molar-refractivity contribution < 1.29 is 18.5 Å². The molecule has 0 aromatic heterocycles. The minimum atomic E-state index is -0.759. The second-order valence-electron chi connectivity index (χ2n) is 4.29. The molecule has 122 valence electrons. The zero-order valence-electron chi connectivity index (χ0n) is 12.5. The largest absolute Gasteiger partial charge is 0.467 e. The molecule has 1 unspecified atom stereocenters. The number of thiocarbonyl (C=S) groups is 1. The lowest BCUT2D eigenvalue weighted by Gasteiger charge is -2.15. The fraction of sp³-hybridized carbons (Fsp3) is 0.750. The number of esters is 1. The number of methoxy groups -OCH3 is 1. The summed E-state index contributed by atoms with van der Waals surface area (Å²) in [6, 6.07) is -0.709. The van der Waals surface area contributed by atoms with Crippen molar-refractivity contribution >= 4 is 51.0 Å². The Balaban J connectivity index is 3.94. The standard InChI is InChI=1S/C12H22N2O4S3/c1-9(15)14-10(11(16)18-2)8-20-12(19)13-6-4-5-7-21(3)17/h10H,4-8H2,1-3H3,(H,13,19)(H,14,15)/t10-,21?/m0/s1. The molecule has 0 spiro atoms. The molecule has 0 rings (SSSR count). The highest BCUT2D eigenvalue weighted by atomic mass is 32.2. The van der Waals surface area contributed by atoms with E-state index in [-0.39, 0.29) is 5.91 Å². The maximum atomic E-state index is 11.5. The van der Waals surface area contributed by atoms with E-state index in [0.29, 0.717) is 22.4 Å². The van der Waals surface area contributed by atoms with Crippen LogP contribution in [0.2, 0.25) is 0 Å². The Kier molecular flexibility index (Phi) is 11.6. The zero-order valence-corrected chi connectivity index (χ0v) is 14.9. The summed E-state index contributed by atoms with van der Waals surface area (Å²) in [7, 11) is 0.515. The van der Waals surface area contributed by atoms with Gasteiger partial charge in [0.15, 0.2) is 0 Å². The molecule has 2 N–H and O–H groups in total. The molecule has 0 heterocycles. The Morgan fingerprint density at radius 3 is 2.57 bits per heavy atom. The molecule has 0 fully saturated rings. The minimum absolute atomic E-state index is 0.294. The van der Waals surface area contributed by atoms with E-state index in [1.165, 1.54) is 25.8 Å². The van der Waals surface area contributed by atoms with Gasteiger partial charge >= 0.3 is 5.97 Å². The molecule has 0 aromatic carbocycles. The van der Waals surface area contributed by atoms with Crippen molar-refractivity contribution in [3.63, 3.8) is 0 Å². The first-order valence-electron chi connectivity index (χ1n) is 6.42. The monoisotopic (exact) mass is 354 g/mol. The quantitative estimate of drug-likeness (QED) is 0.353. The van der Waals surface area contributed by atoms with E-state index >= 15 is 0 Å². The van der Waals surface area contributed by atoms with Crippen molar-refractivity contribution in [1.29, 1.82) is 0 Å². The van der Waals surface area contributed by atoms with Crippen LogP contribution in [0.1, 0.15) is 19.8 Å². The molecule has 0 aliphatic rings. The predicted octanol–water partition coefficient (Wildman–Crippen LogP) is 0.431. The van der Waals surface area contributed by atoms with Gasteiger partial charge in [-0.2, -0.15) is 0 Å². The molecular formula is C12H22N2O4S3. The van der Waals surface area contributed by atoms with Crippen LogP contribution in [-0.4, -0.2) is 57.9 Å². The van der Waals surface area contributed by atoms with Gasteiger partial charge in [0, 0.05) is 42.0 Å². The van der Waals surface area contributed by atoms with E-state index in [2.05, 4.69) is 15.4 Å². The van der Waals surface area contributed by atoms with Gasteiger partial charge in [0.05, 0.1) is 7.11 Å². The molecule has 0 bridgehead atoms. The van der Waals surface area contributed by atoms with Crippen LogP contribution in [0.25, 0.3) is 0 Å². The van der Waals surface area contributed by atoms with Crippen LogP contribution < -0.4 is 10.6 Å². The third-order valence-electron chi connectivity index (χ3n) is 2.37. The van der Waals surface area contributed by atoms with Crippen LogP contribution in [0.4, 0.5) is 0 Å². The van der Waals surface area contributed by atoms with Crippen LogP contribution in [0.15, 0.2) is 0 Å². The van der Waals surface area contributed by atoms with Gasteiger partial charge in [-0.05, 0) is 12.8 Å².